The highest BCUT2D eigenvalue weighted by Crippen LogP contribution is 2.65. The van der Waals surface area contributed by atoms with Crippen molar-refractivity contribution in [3.8, 4) is 11.1 Å². The Hall–Kier alpha value is -6.38. The lowest BCUT2D eigenvalue weighted by atomic mass is 9.65. The summed E-state index contributed by atoms with van der Waals surface area (Å²) in [6, 6.07) is 71.0. The van der Waals surface area contributed by atoms with Crippen molar-refractivity contribution in [1.29, 1.82) is 0 Å². The molecule has 0 radical (unpaired) electrons. The van der Waals surface area contributed by atoms with Gasteiger partial charge in [-0.15, -0.1) is 0 Å². The third-order valence-electron chi connectivity index (χ3n) is 10.4. The van der Waals surface area contributed by atoms with E-state index < -0.39 is 5.41 Å². The van der Waals surface area contributed by atoms with E-state index in [1.165, 1.54) is 55.5 Å². The van der Waals surface area contributed by atoms with Crippen LogP contribution < -0.4 is 9.80 Å². The van der Waals surface area contributed by atoms with E-state index in [1.54, 1.807) is 0 Å². The summed E-state index contributed by atoms with van der Waals surface area (Å²) in [5, 5.41) is 2.45. The fourth-order valence-electron chi connectivity index (χ4n) is 8.50. The SMILES string of the molecule is c1ccc(N2c3ccccc3C3(c4ccccc4)c4cc(N(c5ccccc5)c5cccc6ccccc56)ccc4-c4cccc2c43)cc1. The summed E-state index contributed by atoms with van der Waals surface area (Å²) in [4.78, 5) is 4.88. The van der Waals surface area contributed by atoms with Crippen molar-refractivity contribution in [2.45, 2.75) is 5.41 Å². The average Bonchev–Trinajstić information content (AvgIpc) is 3.48. The molecule has 1 heterocycles. The van der Waals surface area contributed by atoms with Crippen LogP contribution in [-0.4, -0.2) is 0 Å². The molecular formula is C47H32N2. The van der Waals surface area contributed by atoms with Gasteiger partial charge >= 0.3 is 0 Å². The van der Waals surface area contributed by atoms with Crippen LogP contribution in [0.25, 0.3) is 21.9 Å². The molecule has 8 aromatic rings. The van der Waals surface area contributed by atoms with Crippen molar-refractivity contribution >= 4 is 44.9 Å². The van der Waals surface area contributed by atoms with E-state index in [9.17, 15) is 0 Å². The van der Waals surface area contributed by atoms with Crippen LogP contribution >= 0.6 is 0 Å². The molecule has 0 saturated heterocycles. The second-order valence-electron chi connectivity index (χ2n) is 12.9. The fourth-order valence-corrected chi connectivity index (χ4v) is 8.50. The van der Waals surface area contributed by atoms with E-state index in [1.807, 2.05) is 0 Å². The Balaban J connectivity index is 1.30. The van der Waals surface area contributed by atoms with Crippen LogP contribution in [0, 0.1) is 0 Å². The number of benzene rings is 8. The van der Waals surface area contributed by atoms with Crippen LogP contribution in [0.3, 0.4) is 0 Å². The fraction of sp³-hybridized carbons (Fsp3) is 0.0213. The Kier molecular flexibility index (Phi) is 6.13. The molecule has 1 aliphatic heterocycles. The predicted molar refractivity (Wildman–Crippen MR) is 204 cm³/mol. The van der Waals surface area contributed by atoms with Gasteiger partial charge in [-0.3, -0.25) is 0 Å². The van der Waals surface area contributed by atoms with E-state index in [-0.39, 0.29) is 0 Å². The maximum Gasteiger partial charge on any atom is 0.0755 e. The standard InChI is InChI=1S/C47H32N2/c1-4-18-34(19-5-1)47-41-26-12-13-27-44(41)49(36-22-8-3-9-23-36)45-29-15-25-40(46(45)47)39-31-30-37(32-42(39)47)48(35-20-6-2-7-21-35)43-28-14-17-33-16-10-11-24-38(33)43/h1-32H. The van der Waals surface area contributed by atoms with Crippen molar-refractivity contribution in [1.82, 2.24) is 0 Å². The zero-order valence-corrected chi connectivity index (χ0v) is 26.9. The Morgan fingerprint density at radius 3 is 1.92 bits per heavy atom. The molecule has 0 spiro atoms. The number of fused-ring (bicyclic) bond motifs is 6. The molecular weight excluding hydrogens is 593 g/mol. The number of rotatable bonds is 5. The van der Waals surface area contributed by atoms with Gasteiger partial charge in [-0.1, -0.05) is 140 Å². The lowest BCUT2D eigenvalue weighted by molar-refractivity contribution is 0.753. The molecule has 0 N–H and O–H groups in total. The third-order valence-corrected chi connectivity index (χ3v) is 10.4. The van der Waals surface area contributed by atoms with Gasteiger partial charge in [-0.2, -0.15) is 0 Å². The smallest absolute Gasteiger partial charge is 0.0755 e. The normalized spacial score (nSPS) is 15.4. The highest BCUT2D eigenvalue weighted by molar-refractivity contribution is 6.02. The summed E-state index contributed by atoms with van der Waals surface area (Å²) in [6.45, 7) is 0. The minimum absolute atomic E-state index is 0.512. The summed E-state index contributed by atoms with van der Waals surface area (Å²) in [5.41, 5.74) is 14.3. The first kappa shape index (κ1) is 27.7. The van der Waals surface area contributed by atoms with Crippen LogP contribution in [-0.2, 0) is 5.41 Å². The Morgan fingerprint density at radius 1 is 0.429 bits per heavy atom. The van der Waals surface area contributed by atoms with Gasteiger partial charge < -0.3 is 9.80 Å². The molecule has 0 amide bonds. The van der Waals surface area contributed by atoms with E-state index in [4.69, 9.17) is 0 Å². The Bertz CT molecular complexity index is 2500. The molecule has 2 heteroatoms. The number of hydrogen-bond acceptors (Lipinski definition) is 2. The van der Waals surface area contributed by atoms with Gasteiger partial charge in [0.05, 0.1) is 22.5 Å². The first-order valence-electron chi connectivity index (χ1n) is 17.0. The number of hydrogen-bond donors (Lipinski definition) is 0. The molecule has 0 aromatic heterocycles. The molecule has 2 aliphatic rings. The minimum atomic E-state index is -0.512. The molecule has 2 nitrogen and oxygen atoms in total. The molecule has 0 bridgehead atoms. The molecule has 10 rings (SSSR count). The highest BCUT2D eigenvalue weighted by Gasteiger charge is 2.52. The summed E-state index contributed by atoms with van der Waals surface area (Å²) in [6.07, 6.45) is 0. The third kappa shape index (κ3) is 3.95. The average molecular weight is 625 g/mol. The molecule has 1 unspecified atom stereocenters. The van der Waals surface area contributed by atoms with Crippen molar-refractivity contribution in [3.05, 3.63) is 216 Å². The topological polar surface area (TPSA) is 6.48 Å². The molecule has 1 aliphatic carbocycles. The summed E-state index contributed by atoms with van der Waals surface area (Å²) >= 11 is 0. The van der Waals surface area contributed by atoms with E-state index in [0.717, 1.165) is 22.7 Å². The largest absolute Gasteiger partial charge is 0.310 e. The van der Waals surface area contributed by atoms with Crippen molar-refractivity contribution in [3.63, 3.8) is 0 Å². The van der Waals surface area contributed by atoms with Gasteiger partial charge in [0.2, 0.25) is 0 Å². The van der Waals surface area contributed by atoms with Gasteiger partial charge in [0, 0.05) is 28.0 Å². The molecule has 0 fully saturated rings. The number of para-hydroxylation sites is 3. The van der Waals surface area contributed by atoms with Crippen molar-refractivity contribution in [2.75, 3.05) is 9.80 Å². The first-order valence-corrected chi connectivity index (χ1v) is 17.0. The predicted octanol–water partition coefficient (Wildman–Crippen LogP) is 12.5. The summed E-state index contributed by atoms with van der Waals surface area (Å²) in [7, 11) is 0. The molecule has 0 saturated carbocycles. The van der Waals surface area contributed by atoms with E-state index >= 15 is 0 Å². The lowest BCUT2D eigenvalue weighted by Gasteiger charge is -2.44. The van der Waals surface area contributed by atoms with Gasteiger partial charge in [-0.05, 0) is 87.8 Å². The van der Waals surface area contributed by atoms with Gasteiger partial charge in [-0.25, -0.2) is 0 Å². The molecule has 8 aromatic carbocycles. The van der Waals surface area contributed by atoms with E-state index in [0.29, 0.717) is 0 Å². The maximum atomic E-state index is 2.47. The second-order valence-corrected chi connectivity index (χ2v) is 12.9. The van der Waals surface area contributed by atoms with Crippen molar-refractivity contribution < 1.29 is 0 Å². The lowest BCUT2D eigenvalue weighted by Crippen LogP contribution is -2.36. The van der Waals surface area contributed by atoms with Crippen molar-refractivity contribution in [2.24, 2.45) is 0 Å². The molecule has 1 atom stereocenters. The Morgan fingerprint density at radius 2 is 1.08 bits per heavy atom. The minimum Gasteiger partial charge on any atom is -0.310 e. The van der Waals surface area contributed by atoms with Crippen LogP contribution in [0.15, 0.2) is 194 Å². The van der Waals surface area contributed by atoms with Crippen LogP contribution in [0.4, 0.5) is 34.1 Å². The van der Waals surface area contributed by atoms with Crippen LogP contribution in [0.1, 0.15) is 22.3 Å². The Labute approximate surface area is 286 Å². The quantitative estimate of drug-likeness (QED) is 0.188. The van der Waals surface area contributed by atoms with Crippen LogP contribution in [0.2, 0.25) is 0 Å². The maximum absolute atomic E-state index is 2.47. The van der Waals surface area contributed by atoms with Crippen LogP contribution in [0.5, 0.6) is 0 Å². The number of anilines is 6. The summed E-state index contributed by atoms with van der Waals surface area (Å²) in [5.74, 6) is 0. The van der Waals surface area contributed by atoms with Gasteiger partial charge in [0.15, 0.2) is 0 Å². The van der Waals surface area contributed by atoms with Gasteiger partial charge in [0.25, 0.3) is 0 Å². The first-order chi connectivity index (χ1) is 24.3. The molecule has 230 valence electrons. The monoisotopic (exact) mass is 624 g/mol. The highest BCUT2D eigenvalue weighted by atomic mass is 15.2. The summed E-state index contributed by atoms with van der Waals surface area (Å²) < 4.78 is 0. The van der Waals surface area contributed by atoms with E-state index in [2.05, 4.69) is 204 Å². The zero-order valence-electron chi connectivity index (χ0n) is 26.9. The molecule has 49 heavy (non-hydrogen) atoms. The van der Waals surface area contributed by atoms with Gasteiger partial charge in [0.1, 0.15) is 0 Å². The zero-order chi connectivity index (χ0) is 32.4. The number of nitrogens with zero attached hydrogens (tertiary/aromatic N) is 2. The second kappa shape index (κ2) is 10.8.